The van der Waals surface area contributed by atoms with Crippen LogP contribution in [0.2, 0.25) is 0 Å². The molecule has 0 atom stereocenters. The second-order valence-electron chi connectivity index (χ2n) is 4.31. The van der Waals surface area contributed by atoms with E-state index in [1.165, 1.54) is 11.3 Å². The van der Waals surface area contributed by atoms with Crippen molar-refractivity contribution in [1.82, 2.24) is 4.90 Å². The summed E-state index contributed by atoms with van der Waals surface area (Å²) in [7, 11) is 0. The molecule has 2 rings (SSSR count). The van der Waals surface area contributed by atoms with Crippen LogP contribution in [0.25, 0.3) is 0 Å². The van der Waals surface area contributed by atoms with Gasteiger partial charge in [-0.05, 0) is 23.9 Å². The maximum absolute atomic E-state index is 12.8. The first-order valence-corrected chi connectivity index (χ1v) is 6.59. The number of thiophene rings is 1. The first-order chi connectivity index (χ1) is 9.45. The smallest absolute Gasteiger partial charge is 0.334 e. The molecule has 20 heavy (non-hydrogen) atoms. The molecule has 0 radical (unpaired) electrons. The van der Waals surface area contributed by atoms with Crippen LogP contribution < -0.4 is 0 Å². The molecule has 1 aliphatic rings. The first kappa shape index (κ1) is 14.3. The number of carboxylic acids is 2. The van der Waals surface area contributed by atoms with Crippen LogP contribution >= 0.6 is 11.3 Å². The molecule has 5 nitrogen and oxygen atoms in total. The number of carbonyl (C=O) groups is 2. The molecule has 0 amide bonds. The largest absolute Gasteiger partial charge is 0.478 e. The lowest BCUT2D eigenvalue weighted by molar-refractivity contribution is -0.133. The van der Waals surface area contributed by atoms with E-state index in [1.807, 2.05) is 0 Å². The van der Waals surface area contributed by atoms with Crippen LogP contribution in [0.1, 0.15) is 16.4 Å². The van der Waals surface area contributed by atoms with Crippen molar-refractivity contribution in [3.05, 3.63) is 45.4 Å². The maximum Gasteiger partial charge on any atom is 0.334 e. The molecule has 0 saturated carbocycles. The summed E-state index contributed by atoms with van der Waals surface area (Å²) in [4.78, 5) is 24.3. The molecule has 0 fully saturated rings. The van der Waals surface area contributed by atoms with E-state index < -0.39 is 24.7 Å². The summed E-state index contributed by atoms with van der Waals surface area (Å²) in [5, 5.41) is 20.3. The molecular formula is C13H12FNO4S. The van der Waals surface area contributed by atoms with Gasteiger partial charge < -0.3 is 15.1 Å². The molecule has 106 valence electrons. The highest BCUT2D eigenvalue weighted by molar-refractivity contribution is 7.10. The zero-order valence-electron chi connectivity index (χ0n) is 10.5. The topological polar surface area (TPSA) is 77.8 Å². The van der Waals surface area contributed by atoms with Crippen molar-refractivity contribution in [1.29, 1.82) is 0 Å². The molecule has 0 spiro atoms. The number of aliphatic carboxylic acids is 2. The van der Waals surface area contributed by atoms with E-state index in [1.54, 1.807) is 18.4 Å². The van der Waals surface area contributed by atoms with Gasteiger partial charge in [-0.25, -0.2) is 14.0 Å². The Labute approximate surface area is 118 Å². The van der Waals surface area contributed by atoms with Crippen LogP contribution in [0.3, 0.4) is 0 Å². The van der Waals surface area contributed by atoms with Crippen molar-refractivity contribution in [3.8, 4) is 0 Å². The van der Waals surface area contributed by atoms with Crippen molar-refractivity contribution in [2.45, 2.75) is 12.8 Å². The molecule has 7 heteroatoms. The van der Waals surface area contributed by atoms with E-state index in [0.29, 0.717) is 4.88 Å². The number of carboxylic acid groups (broad SMARTS) is 2. The maximum atomic E-state index is 12.8. The van der Waals surface area contributed by atoms with E-state index in [-0.39, 0.29) is 11.1 Å². The van der Waals surface area contributed by atoms with Gasteiger partial charge >= 0.3 is 11.9 Å². The zero-order valence-corrected chi connectivity index (χ0v) is 11.4. The fourth-order valence-electron chi connectivity index (χ4n) is 2.10. The van der Waals surface area contributed by atoms with Crippen LogP contribution in [0.4, 0.5) is 4.39 Å². The molecule has 0 unspecified atom stereocenters. The van der Waals surface area contributed by atoms with Gasteiger partial charge in [0.15, 0.2) is 6.80 Å². The molecule has 2 heterocycles. The minimum Gasteiger partial charge on any atom is -0.478 e. The number of alkyl halides is 1. The molecule has 2 N–H and O–H groups in total. The average molecular weight is 297 g/mol. The van der Waals surface area contributed by atoms with Crippen LogP contribution in [-0.4, -0.2) is 33.9 Å². The molecule has 0 saturated heterocycles. The third-order valence-corrected chi connectivity index (χ3v) is 4.11. The second kappa shape index (κ2) is 5.46. The summed E-state index contributed by atoms with van der Waals surface area (Å²) in [6.07, 6.45) is 2.28. The first-order valence-electron chi connectivity index (χ1n) is 5.71. The Kier molecular flexibility index (Phi) is 3.89. The number of halogens is 1. The number of nitrogens with zero attached hydrogens (tertiary/aromatic N) is 1. The Morgan fingerprint density at radius 1 is 1.30 bits per heavy atom. The molecule has 1 aliphatic heterocycles. The van der Waals surface area contributed by atoms with Gasteiger partial charge in [-0.1, -0.05) is 0 Å². The highest BCUT2D eigenvalue weighted by Gasteiger charge is 2.35. The highest BCUT2D eigenvalue weighted by atomic mass is 32.1. The number of hydrogen-bond donors (Lipinski definition) is 2. The van der Waals surface area contributed by atoms with Crippen molar-refractivity contribution >= 4 is 23.3 Å². The van der Waals surface area contributed by atoms with Crippen molar-refractivity contribution in [2.75, 3.05) is 6.80 Å². The third-order valence-electron chi connectivity index (χ3n) is 3.03. The van der Waals surface area contributed by atoms with Crippen LogP contribution in [0.5, 0.6) is 0 Å². The molecule has 1 aromatic rings. The van der Waals surface area contributed by atoms with Gasteiger partial charge in [0, 0.05) is 17.3 Å². The average Bonchev–Trinajstić information content (AvgIpc) is 2.82. The van der Waals surface area contributed by atoms with Gasteiger partial charge in [-0.3, -0.25) is 0 Å². The third kappa shape index (κ3) is 2.44. The van der Waals surface area contributed by atoms with Crippen molar-refractivity contribution < 1.29 is 24.2 Å². The fourth-order valence-corrected chi connectivity index (χ4v) is 3.16. The molecule has 1 aromatic heterocycles. The van der Waals surface area contributed by atoms with E-state index in [4.69, 9.17) is 0 Å². The van der Waals surface area contributed by atoms with Crippen molar-refractivity contribution in [3.63, 3.8) is 0 Å². The Morgan fingerprint density at radius 2 is 1.85 bits per heavy atom. The fraction of sp³-hybridized carbons (Fsp3) is 0.231. The predicted octanol–water partition coefficient (Wildman–Crippen LogP) is 2.32. The summed E-state index contributed by atoms with van der Waals surface area (Å²) in [5.74, 6) is -3.39. The molecular weight excluding hydrogens is 285 g/mol. The second-order valence-corrected chi connectivity index (χ2v) is 5.26. The highest BCUT2D eigenvalue weighted by Crippen LogP contribution is 2.39. The predicted molar refractivity (Wildman–Crippen MR) is 71.0 cm³/mol. The van der Waals surface area contributed by atoms with Gasteiger partial charge in [0.25, 0.3) is 0 Å². The summed E-state index contributed by atoms with van der Waals surface area (Å²) in [6.45, 7) is 0.802. The minimum absolute atomic E-state index is 0.145. The van der Waals surface area contributed by atoms with Gasteiger partial charge in [0.05, 0.1) is 17.1 Å². The van der Waals surface area contributed by atoms with E-state index in [9.17, 15) is 24.2 Å². The number of aryl methyl sites for hydroxylation is 1. The normalized spacial score (nSPS) is 15.8. The number of rotatable bonds is 4. The summed E-state index contributed by atoms with van der Waals surface area (Å²) >= 11 is 1.29. The van der Waals surface area contributed by atoms with Gasteiger partial charge in [-0.2, -0.15) is 0 Å². The summed E-state index contributed by atoms with van der Waals surface area (Å²) in [6, 6.07) is 1.79. The van der Waals surface area contributed by atoms with Crippen LogP contribution in [-0.2, 0) is 9.59 Å². The Morgan fingerprint density at radius 3 is 2.20 bits per heavy atom. The minimum atomic E-state index is -1.26. The lowest BCUT2D eigenvalue weighted by Crippen LogP contribution is -2.27. The standard InChI is InChI=1S/C13H12FNO4S/c1-7-2-3-20-11(7)10-8(12(16)17)4-15(6-14)5-9(10)13(18)19/h2-5,10H,6H2,1H3,(H,16,17)(H,18,19). The molecule has 0 bridgehead atoms. The Balaban J connectivity index is 2.59. The van der Waals surface area contributed by atoms with Gasteiger partial charge in [0.1, 0.15) is 0 Å². The Hall–Kier alpha value is -2.15. The number of hydrogen-bond acceptors (Lipinski definition) is 4. The quantitative estimate of drug-likeness (QED) is 0.834. The monoisotopic (exact) mass is 297 g/mol. The lowest BCUT2D eigenvalue weighted by Gasteiger charge is -2.26. The van der Waals surface area contributed by atoms with Crippen molar-refractivity contribution in [2.24, 2.45) is 0 Å². The van der Waals surface area contributed by atoms with E-state index >= 15 is 0 Å². The lowest BCUT2D eigenvalue weighted by atomic mass is 9.87. The molecule has 0 aromatic carbocycles. The van der Waals surface area contributed by atoms with E-state index in [0.717, 1.165) is 22.9 Å². The van der Waals surface area contributed by atoms with Crippen LogP contribution in [0, 0.1) is 6.92 Å². The van der Waals surface area contributed by atoms with E-state index in [2.05, 4.69) is 0 Å². The molecule has 0 aliphatic carbocycles. The van der Waals surface area contributed by atoms with Crippen LogP contribution in [0.15, 0.2) is 35.0 Å². The SMILES string of the molecule is Cc1ccsc1C1C(C(=O)O)=CN(CF)C=C1C(=O)O. The summed E-state index contributed by atoms with van der Waals surface area (Å²) in [5.41, 5.74) is 0.522. The van der Waals surface area contributed by atoms with Gasteiger partial charge in [0.2, 0.25) is 0 Å². The summed E-state index contributed by atoms with van der Waals surface area (Å²) < 4.78 is 12.8. The Bertz CT molecular complexity index is 588. The van der Waals surface area contributed by atoms with Gasteiger partial charge in [-0.15, -0.1) is 11.3 Å². The zero-order chi connectivity index (χ0) is 14.9.